The number of hydrogen-bond donors (Lipinski definition) is 2. The van der Waals surface area contributed by atoms with Crippen LogP contribution in [0.5, 0.6) is 0 Å². The molecule has 4 nitrogen and oxygen atoms in total. The molecule has 0 aliphatic heterocycles. The Balaban J connectivity index is 0.00000256. The first-order valence-corrected chi connectivity index (χ1v) is 5.44. The molecule has 1 rings (SSSR count). The number of carbonyl (C=O) groups excluding carboxylic acids is 1. The molecule has 0 aliphatic carbocycles. The fraction of sp³-hybridized carbons (Fsp3) is 0.364. The molecule has 0 aromatic heterocycles. The van der Waals surface area contributed by atoms with E-state index in [1.54, 1.807) is 18.2 Å². The van der Waals surface area contributed by atoms with Crippen LogP contribution in [0.1, 0.15) is 17.3 Å². The first-order valence-electron chi connectivity index (χ1n) is 5.06. The smallest absolute Gasteiger partial charge is 0.252 e. The molecule has 0 atom stereocenters. The first-order chi connectivity index (χ1) is 7.65. The summed E-state index contributed by atoms with van der Waals surface area (Å²) in [5, 5.41) is 3.06. The van der Waals surface area contributed by atoms with Gasteiger partial charge < -0.3 is 15.8 Å². The lowest BCUT2D eigenvalue weighted by Crippen LogP contribution is -2.27. The van der Waals surface area contributed by atoms with Crippen LogP contribution >= 0.6 is 24.0 Å². The lowest BCUT2D eigenvalue weighted by atomic mass is 10.2. The Labute approximate surface area is 112 Å². The van der Waals surface area contributed by atoms with E-state index in [1.165, 1.54) is 0 Å². The fourth-order valence-electron chi connectivity index (χ4n) is 1.19. The van der Waals surface area contributed by atoms with Gasteiger partial charge in [-0.05, 0) is 25.1 Å². The van der Waals surface area contributed by atoms with E-state index >= 15 is 0 Å². The van der Waals surface area contributed by atoms with Crippen molar-refractivity contribution in [1.29, 1.82) is 0 Å². The highest BCUT2D eigenvalue weighted by molar-refractivity contribution is 6.34. The summed E-state index contributed by atoms with van der Waals surface area (Å²) in [6.07, 6.45) is 0. The third kappa shape index (κ3) is 5.26. The van der Waals surface area contributed by atoms with Crippen molar-refractivity contribution in [3.8, 4) is 0 Å². The summed E-state index contributed by atoms with van der Waals surface area (Å²) >= 11 is 5.89. The first kappa shape index (κ1) is 16.0. The highest BCUT2D eigenvalue weighted by Crippen LogP contribution is 2.18. The zero-order valence-electron chi connectivity index (χ0n) is 9.53. The van der Waals surface area contributed by atoms with E-state index in [1.807, 2.05) is 6.92 Å². The van der Waals surface area contributed by atoms with Gasteiger partial charge in [-0.25, -0.2) is 0 Å². The molecule has 0 heterocycles. The normalized spacial score (nSPS) is 9.53. The number of rotatable bonds is 5. The predicted molar refractivity (Wildman–Crippen MR) is 71.9 cm³/mol. The quantitative estimate of drug-likeness (QED) is 0.641. The maximum atomic E-state index is 11.6. The van der Waals surface area contributed by atoms with Gasteiger partial charge in [0, 0.05) is 18.8 Å². The standard InChI is InChI=1S/C11H15ClN2O2.ClH/c1-2-16-6-5-14-11(15)9-4-3-8(13)7-10(9)12;/h3-4,7H,2,5-6,13H2,1H3,(H,14,15);1H. The second-order valence-electron chi connectivity index (χ2n) is 3.19. The van der Waals surface area contributed by atoms with Crippen molar-refractivity contribution in [3.63, 3.8) is 0 Å². The number of anilines is 1. The maximum Gasteiger partial charge on any atom is 0.252 e. The number of ether oxygens (including phenoxy) is 1. The lowest BCUT2D eigenvalue weighted by molar-refractivity contribution is 0.0923. The molecule has 0 unspecified atom stereocenters. The van der Waals surface area contributed by atoms with Crippen LogP contribution in [0.25, 0.3) is 0 Å². The number of nitrogens with two attached hydrogens (primary N) is 1. The zero-order valence-corrected chi connectivity index (χ0v) is 11.1. The van der Waals surface area contributed by atoms with Crippen molar-refractivity contribution < 1.29 is 9.53 Å². The van der Waals surface area contributed by atoms with Crippen LogP contribution < -0.4 is 11.1 Å². The summed E-state index contributed by atoms with van der Waals surface area (Å²) in [6, 6.07) is 4.80. The number of nitrogen functional groups attached to an aromatic ring is 1. The summed E-state index contributed by atoms with van der Waals surface area (Å²) in [7, 11) is 0. The van der Waals surface area contributed by atoms with Gasteiger partial charge in [-0.1, -0.05) is 11.6 Å². The van der Waals surface area contributed by atoms with Crippen LogP contribution in [0.2, 0.25) is 5.02 Å². The SMILES string of the molecule is CCOCCNC(=O)c1ccc(N)cc1Cl.Cl. The van der Waals surface area contributed by atoms with Gasteiger partial charge in [0.2, 0.25) is 0 Å². The zero-order chi connectivity index (χ0) is 12.0. The maximum absolute atomic E-state index is 11.6. The summed E-state index contributed by atoms with van der Waals surface area (Å²) in [6.45, 7) is 3.50. The molecular weight excluding hydrogens is 263 g/mol. The van der Waals surface area contributed by atoms with Crippen LogP contribution in [0.3, 0.4) is 0 Å². The van der Waals surface area contributed by atoms with Gasteiger partial charge in [0.1, 0.15) is 0 Å². The minimum absolute atomic E-state index is 0. The molecule has 3 N–H and O–H groups in total. The van der Waals surface area contributed by atoms with Crippen LogP contribution in [0, 0.1) is 0 Å². The summed E-state index contributed by atoms with van der Waals surface area (Å²) in [4.78, 5) is 11.6. The molecule has 0 radical (unpaired) electrons. The third-order valence-electron chi connectivity index (χ3n) is 1.97. The van der Waals surface area contributed by atoms with E-state index in [0.717, 1.165) is 0 Å². The second-order valence-corrected chi connectivity index (χ2v) is 3.60. The number of amides is 1. The van der Waals surface area contributed by atoms with Gasteiger partial charge in [0.05, 0.1) is 17.2 Å². The van der Waals surface area contributed by atoms with Gasteiger partial charge in [-0.15, -0.1) is 12.4 Å². The van der Waals surface area contributed by atoms with E-state index in [-0.39, 0.29) is 18.3 Å². The molecule has 96 valence electrons. The summed E-state index contributed by atoms with van der Waals surface area (Å²) < 4.78 is 5.10. The van der Waals surface area contributed by atoms with Crippen molar-refractivity contribution in [2.75, 3.05) is 25.5 Å². The van der Waals surface area contributed by atoms with E-state index < -0.39 is 0 Å². The van der Waals surface area contributed by atoms with Crippen LogP contribution in [-0.4, -0.2) is 25.7 Å². The van der Waals surface area contributed by atoms with E-state index in [9.17, 15) is 4.79 Å². The molecule has 1 amide bonds. The summed E-state index contributed by atoms with van der Waals surface area (Å²) in [5.41, 5.74) is 6.49. The van der Waals surface area contributed by atoms with Crippen molar-refractivity contribution in [3.05, 3.63) is 28.8 Å². The van der Waals surface area contributed by atoms with Gasteiger partial charge in [0.25, 0.3) is 5.91 Å². The molecule has 1 aromatic rings. The van der Waals surface area contributed by atoms with Crippen molar-refractivity contribution in [2.45, 2.75) is 6.92 Å². The second kappa shape index (κ2) is 8.17. The molecular formula is C11H16Cl2N2O2. The van der Waals surface area contributed by atoms with E-state index in [4.69, 9.17) is 22.1 Å². The molecule has 0 fully saturated rings. The van der Waals surface area contributed by atoms with Crippen LogP contribution in [-0.2, 0) is 4.74 Å². The number of carbonyl (C=O) groups is 1. The topological polar surface area (TPSA) is 64.3 Å². The Morgan fingerprint density at radius 3 is 2.82 bits per heavy atom. The van der Waals surface area contributed by atoms with Gasteiger partial charge in [-0.2, -0.15) is 0 Å². The van der Waals surface area contributed by atoms with E-state index in [0.29, 0.717) is 36.0 Å². The van der Waals surface area contributed by atoms with Crippen molar-refractivity contribution >= 4 is 35.6 Å². The Hall–Kier alpha value is -0.970. The number of halogens is 2. The molecule has 0 bridgehead atoms. The summed E-state index contributed by atoms with van der Waals surface area (Å²) in [5.74, 6) is -0.218. The predicted octanol–water partition coefficient (Wildman–Crippen LogP) is 2.11. The Bertz CT molecular complexity index is 372. The number of hydrogen-bond acceptors (Lipinski definition) is 3. The highest BCUT2D eigenvalue weighted by Gasteiger charge is 2.09. The average molecular weight is 279 g/mol. The highest BCUT2D eigenvalue weighted by atomic mass is 35.5. The van der Waals surface area contributed by atoms with Crippen molar-refractivity contribution in [1.82, 2.24) is 5.32 Å². The molecule has 0 saturated heterocycles. The minimum atomic E-state index is -0.218. The van der Waals surface area contributed by atoms with Crippen LogP contribution in [0.15, 0.2) is 18.2 Å². The average Bonchev–Trinajstić information content (AvgIpc) is 2.24. The Morgan fingerprint density at radius 1 is 1.53 bits per heavy atom. The van der Waals surface area contributed by atoms with Crippen LogP contribution in [0.4, 0.5) is 5.69 Å². The largest absolute Gasteiger partial charge is 0.399 e. The molecule has 1 aromatic carbocycles. The third-order valence-corrected chi connectivity index (χ3v) is 2.29. The van der Waals surface area contributed by atoms with Gasteiger partial charge in [0.15, 0.2) is 0 Å². The molecule has 17 heavy (non-hydrogen) atoms. The Morgan fingerprint density at radius 2 is 2.24 bits per heavy atom. The number of nitrogens with one attached hydrogen (secondary N) is 1. The minimum Gasteiger partial charge on any atom is -0.399 e. The fourth-order valence-corrected chi connectivity index (χ4v) is 1.47. The number of benzene rings is 1. The molecule has 0 aliphatic rings. The van der Waals surface area contributed by atoms with E-state index in [2.05, 4.69) is 5.32 Å². The van der Waals surface area contributed by atoms with Crippen molar-refractivity contribution in [2.24, 2.45) is 0 Å². The lowest BCUT2D eigenvalue weighted by Gasteiger charge is -2.07. The van der Waals surface area contributed by atoms with Gasteiger partial charge >= 0.3 is 0 Å². The monoisotopic (exact) mass is 278 g/mol. The molecule has 6 heteroatoms. The molecule has 0 saturated carbocycles. The Kier molecular flexibility index (Phi) is 7.70. The molecule has 0 spiro atoms. The van der Waals surface area contributed by atoms with Gasteiger partial charge in [-0.3, -0.25) is 4.79 Å².